The summed E-state index contributed by atoms with van der Waals surface area (Å²) in [5.74, 6) is -1.87. The van der Waals surface area contributed by atoms with Crippen LogP contribution in [0.4, 0.5) is 8.78 Å². The first-order valence-corrected chi connectivity index (χ1v) is 8.80. The minimum Gasteiger partial charge on any atom is -0.389 e. The molecular weight excluding hydrogens is 298 g/mol. The fourth-order valence-corrected chi connectivity index (χ4v) is 6.33. The van der Waals surface area contributed by atoms with Crippen molar-refractivity contribution in [1.82, 2.24) is 0 Å². The summed E-state index contributed by atoms with van der Waals surface area (Å²) in [7, 11) is -3.14. The molecule has 0 aliphatic carbocycles. The van der Waals surface area contributed by atoms with Gasteiger partial charge in [0.1, 0.15) is 0 Å². The van der Waals surface area contributed by atoms with Gasteiger partial charge in [0.15, 0.2) is 21.5 Å². The molecule has 0 amide bonds. The molecule has 2 fully saturated rings. The first-order valence-electron chi connectivity index (χ1n) is 7.19. The van der Waals surface area contributed by atoms with Crippen molar-refractivity contribution in [2.75, 3.05) is 0 Å². The van der Waals surface area contributed by atoms with E-state index in [1.54, 1.807) is 0 Å². The molecule has 2 heterocycles. The van der Waals surface area contributed by atoms with E-state index in [1.807, 2.05) is 0 Å². The molecule has 2 atom stereocenters. The lowest BCUT2D eigenvalue weighted by Gasteiger charge is -2.44. The van der Waals surface area contributed by atoms with E-state index in [9.17, 15) is 22.3 Å². The van der Waals surface area contributed by atoms with Gasteiger partial charge in [0.2, 0.25) is 0 Å². The van der Waals surface area contributed by atoms with E-state index in [0.29, 0.717) is 18.4 Å². The van der Waals surface area contributed by atoms with Crippen molar-refractivity contribution in [2.45, 2.75) is 54.6 Å². The van der Waals surface area contributed by atoms with E-state index in [1.165, 1.54) is 6.07 Å². The van der Waals surface area contributed by atoms with Gasteiger partial charge >= 0.3 is 0 Å². The molecule has 0 radical (unpaired) electrons. The van der Waals surface area contributed by atoms with Gasteiger partial charge in [-0.25, -0.2) is 17.2 Å². The molecule has 2 saturated heterocycles. The summed E-state index contributed by atoms with van der Waals surface area (Å²) in [5.41, 5.74) is -0.653. The Morgan fingerprint density at radius 2 is 1.76 bits per heavy atom. The maximum absolute atomic E-state index is 13.3. The zero-order chi connectivity index (χ0) is 15.3. The minimum absolute atomic E-state index is 0.159. The molecule has 1 aromatic carbocycles. The predicted octanol–water partition coefficient (Wildman–Crippen LogP) is 2.37. The number of rotatable bonds is 2. The molecule has 3 rings (SSSR count). The highest BCUT2D eigenvalue weighted by Gasteiger charge is 2.50. The van der Waals surface area contributed by atoms with Crippen molar-refractivity contribution >= 4 is 9.84 Å². The number of hydrogen-bond acceptors (Lipinski definition) is 3. The van der Waals surface area contributed by atoms with Crippen molar-refractivity contribution in [1.29, 1.82) is 0 Å². The maximum Gasteiger partial charge on any atom is 0.159 e. The van der Waals surface area contributed by atoms with Crippen molar-refractivity contribution < 1.29 is 22.3 Å². The van der Waals surface area contributed by atoms with Gasteiger partial charge in [-0.15, -0.1) is 0 Å². The number of sulfone groups is 1. The largest absolute Gasteiger partial charge is 0.389 e. The highest BCUT2D eigenvalue weighted by Crippen LogP contribution is 2.42. The summed E-state index contributed by atoms with van der Waals surface area (Å²) in [4.78, 5) is 0. The summed E-state index contributed by atoms with van der Waals surface area (Å²) in [6.45, 7) is 0. The van der Waals surface area contributed by atoms with E-state index in [2.05, 4.69) is 0 Å². The summed E-state index contributed by atoms with van der Waals surface area (Å²) in [6.07, 6.45) is 2.57. The average molecular weight is 316 g/mol. The van der Waals surface area contributed by atoms with Gasteiger partial charge in [-0.05, 0) is 43.4 Å². The van der Waals surface area contributed by atoms with Crippen LogP contribution >= 0.6 is 0 Å². The lowest BCUT2D eigenvalue weighted by molar-refractivity contribution is 0.00983. The van der Waals surface area contributed by atoms with Crippen LogP contribution in [-0.2, 0) is 16.3 Å². The molecule has 116 valence electrons. The molecule has 1 N–H and O–H groups in total. The third kappa shape index (κ3) is 2.71. The van der Waals surface area contributed by atoms with Crippen molar-refractivity contribution in [3.05, 3.63) is 35.4 Å². The molecule has 2 unspecified atom stereocenters. The van der Waals surface area contributed by atoms with Crippen LogP contribution in [0.1, 0.15) is 37.7 Å². The molecule has 21 heavy (non-hydrogen) atoms. The molecule has 2 aliphatic rings. The van der Waals surface area contributed by atoms with Crippen LogP contribution in [-0.4, -0.2) is 29.6 Å². The number of aliphatic hydroxyl groups is 1. The SMILES string of the molecule is O=S1(=O)C2CCCC1CC(O)(Cc1ccc(F)c(F)c1)C2. The number of hydrogen-bond donors (Lipinski definition) is 1. The molecule has 0 saturated carbocycles. The van der Waals surface area contributed by atoms with Crippen LogP contribution in [0.3, 0.4) is 0 Å². The van der Waals surface area contributed by atoms with Gasteiger partial charge in [0, 0.05) is 6.42 Å². The van der Waals surface area contributed by atoms with Crippen LogP contribution in [0.5, 0.6) is 0 Å². The van der Waals surface area contributed by atoms with E-state index in [4.69, 9.17) is 0 Å². The lowest BCUT2D eigenvalue weighted by Crippen LogP contribution is -2.52. The Labute approximate surface area is 122 Å². The normalized spacial score (nSPS) is 34.6. The van der Waals surface area contributed by atoms with Gasteiger partial charge in [0.05, 0.1) is 16.1 Å². The van der Waals surface area contributed by atoms with Gasteiger partial charge in [0.25, 0.3) is 0 Å². The summed E-state index contributed by atoms with van der Waals surface area (Å²) >= 11 is 0. The molecule has 2 aliphatic heterocycles. The lowest BCUT2D eigenvalue weighted by atomic mass is 9.81. The standard InChI is InChI=1S/C15H18F2O3S/c16-13-5-4-10(6-14(13)17)7-15(18)8-11-2-1-3-12(9-15)21(11,19)20/h4-6,11-12,18H,1-3,7-9H2. The minimum atomic E-state index is -3.14. The second kappa shape index (κ2) is 5.02. The molecule has 6 heteroatoms. The molecular formula is C15H18F2O3S. The van der Waals surface area contributed by atoms with E-state index in [-0.39, 0.29) is 19.3 Å². The monoisotopic (exact) mass is 316 g/mol. The Morgan fingerprint density at radius 3 is 2.33 bits per heavy atom. The summed E-state index contributed by atoms with van der Waals surface area (Å²) in [5, 5.41) is 9.74. The Balaban J connectivity index is 1.84. The Hall–Kier alpha value is -1.01. The zero-order valence-electron chi connectivity index (χ0n) is 11.6. The van der Waals surface area contributed by atoms with Gasteiger partial charge in [-0.1, -0.05) is 12.5 Å². The highest BCUT2D eigenvalue weighted by atomic mass is 32.2. The van der Waals surface area contributed by atoms with Crippen LogP contribution in [0.15, 0.2) is 18.2 Å². The topological polar surface area (TPSA) is 54.4 Å². The molecule has 2 bridgehead atoms. The predicted molar refractivity (Wildman–Crippen MR) is 74.6 cm³/mol. The quantitative estimate of drug-likeness (QED) is 0.911. The third-order valence-corrected chi connectivity index (χ3v) is 7.38. The highest BCUT2D eigenvalue weighted by molar-refractivity contribution is 7.92. The molecule has 3 nitrogen and oxygen atoms in total. The number of benzene rings is 1. The summed E-state index contributed by atoms with van der Waals surface area (Å²) in [6, 6.07) is 3.55. The zero-order valence-corrected chi connectivity index (χ0v) is 12.4. The maximum atomic E-state index is 13.3. The average Bonchev–Trinajstić information content (AvgIpc) is 2.36. The fourth-order valence-electron chi connectivity index (χ4n) is 3.72. The second-order valence-electron chi connectivity index (χ2n) is 6.32. The first-order chi connectivity index (χ1) is 9.80. The van der Waals surface area contributed by atoms with E-state index < -0.39 is 37.6 Å². The fraction of sp³-hybridized carbons (Fsp3) is 0.600. The molecule has 1 aromatic rings. The molecule has 0 aromatic heterocycles. The van der Waals surface area contributed by atoms with E-state index in [0.717, 1.165) is 18.6 Å². The van der Waals surface area contributed by atoms with Crippen LogP contribution in [0.2, 0.25) is 0 Å². The Bertz CT molecular complexity index is 637. The van der Waals surface area contributed by atoms with Crippen molar-refractivity contribution in [3.8, 4) is 0 Å². The van der Waals surface area contributed by atoms with Gasteiger partial charge in [-0.2, -0.15) is 0 Å². The van der Waals surface area contributed by atoms with Crippen LogP contribution in [0.25, 0.3) is 0 Å². The number of halogens is 2. The van der Waals surface area contributed by atoms with Gasteiger partial charge < -0.3 is 5.11 Å². The number of fused-ring (bicyclic) bond motifs is 2. The van der Waals surface area contributed by atoms with Crippen molar-refractivity contribution in [3.63, 3.8) is 0 Å². The van der Waals surface area contributed by atoms with Gasteiger partial charge in [-0.3, -0.25) is 0 Å². The third-order valence-electron chi connectivity index (χ3n) is 4.71. The Kier molecular flexibility index (Phi) is 3.56. The summed E-state index contributed by atoms with van der Waals surface area (Å²) < 4.78 is 50.6. The van der Waals surface area contributed by atoms with Crippen LogP contribution in [0, 0.1) is 11.6 Å². The Morgan fingerprint density at radius 1 is 1.14 bits per heavy atom. The van der Waals surface area contributed by atoms with E-state index >= 15 is 0 Å². The second-order valence-corrected chi connectivity index (χ2v) is 8.83. The van der Waals surface area contributed by atoms with Crippen molar-refractivity contribution in [2.24, 2.45) is 0 Å². The van der Waals surface area contributed by atoms with Crippen LogP contribution < -0.4 is 0 Å². The first kappa shape index (κ1) is 14.9. The molecule has 0 spiro atoms. The smallest absolute Gasteiger partial charge is 0.159 e.